The van der Waals surface area contributed by atoms with E-state index in [1.165, 1.54) is 94.4 Å². The van der Waals surface area contributed by atoms with Crippen molar-refractivity contribution in [1.29, 1.82) is 0 Å². The number of nitrogens with zero attached hydrogens (tertiary/aromatic N) is 3. The van der Waals surface area contributed by atoms with Gasteiger partial charge in [-0.3, -0.25) is 4.90 Å². The number of ether oxygens (including phenoxy) is 1. The zero-order valence-corrected chi connectivity index (χ0v) is 21.9. The van der Waals surface area contributed by atoms with Crippen molar-refractivity contribution in [3.8, 4) is 0 Å². The van der Waals surface area contributed by atoms with Crippen molar-refractivity contribution < 1.29 is 4.74 Å². The number of morpholine rings is 1. The first-order valence-electron chi connectivity index (χ1n) is 14.3. The van der Waals surface area contributed by atoms with Crippen molar-refractivity contribution in [2.24, 2.45) is 11.3 Å². The quantitative estimate of drug-likeness (QED) is 0.497. The fraction of sp³-hybridized carbons (Fsp3) is 0.733. The second kappa shape index (κ2) is 11.0. The Hall–Kier alpha value is -1.52. The van der Waals surface area contributed by atoms with Crippen molar-refractivity contribution in [3.05, 3.63) is 29.8 Å². The Balaban J connectivity index is 1.36. The molecule has 1 saturated carbocycles. The van der Waals surface area contributed by atoms with E-state index >= 15 is 0 Å². The molecule has 0 N–H and O–H groups in total. The van der Waals surface area contributed by atoms with E-state index in [0.29, 0.717) is 5.41 Å². The highest BCUT2D eigenvalue weighted by Gasteiger charge is 2.34. The normalized spacial score (nSPS) is 24.0. The number of hydrogen-bond donors (Lipinski definition) is 0. The maximum absolute atomic E-state index is 5.63. The summed E-state index contributed by atoms with van der Waals surface area (Å²) in [5.41, 5.74) is 6.61. The standard InChI is InChI=1S/C30H47N3O/c1-25(2)10-15-31-16-18-33(19-17-31)29-7-6-27(32-20-22-34-23-21-32)24-28(29)26-8-13-30(14-9-26)11-4-3-5-12-30/h6-8,24-25H,3-5,9-23H2,1-2H3. The van der Waals surface area contributed by atoms with Gasteiger partial charge in [-0.2, -0.15) is 0 Å². The van der Waals surface area contributed by atoms with Crippen LogP contribution in [0.1, 0.15) is 77.2 Å². The molecule has 1 aromatic carbocycles. The van der Waals surface area contributed by atoms with Crippen LogP contribution < -0.4 is 9.80 Å². The molecule has 34 heavy (non-hydrogen) atoms. The van der Waals surface area contributed by atoms with Crippen LogP contribution in [0.4, 0.5) is 11.4 Å². The first-order valence-corrected chi connectivity index (χ1v) is 14.3. The van der Waals surface area contributed by atoms with Crippen molar-refractivity contribution >= 4 is 16.9 Å². The summed E-state index contributed by atoms with van der Waals surface area (Å²) in [6.45, 7) is 14.3. The summed E-state index contributed by atoms with van der Waals surface area (Å²) < 4.78 is 5.63. The van der Waals surface area contributed by atoms with Gasteiger partial charge >= 0.3 is 0 Å². The van der Waals surface area contributed by atoms with E-state index < -0.39 is 0 Å². The van der Waals surface area contributed by atoms with E-state index in [1.54, 1.807) is 5.57 Å². The van der Waals surface area contributed by atoms with Crippen LogP contribution in [0.2, 0.25) is 0 Å². The molecule has 4 heteroatoms. The minimum atomic E-state index is 0.617. The van der Waals surface area contributed by atoms with E-state index in [-0.39, 0.29) is 0 Å². The highest BCUT2D eigenvalue weighted by atomic mass is 16.5. The molecular formula is C30H47N3O. The van der Waals surface area contributed by atoms with E-state index in [0.717, 1.165) is 45.3 Å². The first kappa shape index (κ1) is 24.2. The number of piperazine rings is 1. The summed E-state index contributed by atoms with van der Waals surface area (Å²) in [4.78, 5) is 7.87. The third kappa shape index (κ3) is 5.65. The molecule has 5 rings (SSSR count). The monoisotopic (exact) mass is 465 g/mol. The Morgan fingerprint density at radius 1 is 0.882 bits per heavy atom. The van der Waals surface area contributed by atoms with E-state index in [2.05, 4.69) is 52.8 Å². The fourth-order valence-electron chi connectivity index (χ4n) is 6.67. The maximum atomic E-state index is 5.63. The minimum absolute atomic E-state index is 0.617. The van der Waals surface area contributed by atoms with Crippen LogP contribution in [0.3, 0.4) is 0 Å². The molecule has 0 radical (unpaired) electrons. The molecule has 4 aliphatic rings. The average molecular weight is 466 g/mol. The molecule has 0 aromatic heterocycles. The van der Waals surface area contributed by atoms with E-state index in [9.17, 15) is 0 Å². The van der Waals surface area contributed by atoms with Crippen molar-refractivity contribution in [3.63, 3.8) is 0 Å². The topological polar surface area (TPSA) is 19.0 Å². The Labute approximate surface area is 208 Å². The predicted molar refractivity (Wildman–Crippen MR) is 145 cm³/mol. The van der Waals surface area contributed by atoms with Gasteiger partial charge in [0.1, 0.15) is 0 Å². The van der Waals surface area contributed by atoms with Gasteiger partial charge < -0.3 is 14.5 Å². The molecule has 0 bridgehead atoms. The molecule has 1 aromatic rings. The van der Waals surface area contributed by atoms with Crippen LogP contribution in [0.15, 0.2) is 24.3 Å². The van der Waals surface area contributed by atoms with Gasteiger partial charge in [0.25, 0.3) is 0 Å². The van der Waals surface area contributed by atoms with E-state index in [1.807, 2.05) is 0 Å². The van der Waals surface area contributed by atoms with Gasteiger partial charge in [0.05, 0.1) is 13.2 Å². The Kier molecular flexibility index (Phi) is 7.85. The second-order valence-electron chi connectivity index (χ2n) is 11.8. The summed E-state index contributed by atoms with van der Waals surface area (Å²) in [5, 5.41) is 0. The summed E-state index contributed by atoms with van der Waals surface area (Å²) in [7, 11) is 0. The van der Waals surface area contributed by atoms with Gasteiger partial charge in [-0.15, -0.1) is 0 Å². The number of anilines is 2. The Bertz CT molecular complexity index is 827. The van der Waals surface area contributed by atoms with Gasteiger partial charge in [0, 0.05) is 56.2 Å². The van der Waals surface area contributed by atoms with Gasteiger partial charge in [0.2, 0.25) is 0 Å². The number of allylic oxidation sites excluding steroid dienone is 2. The van der Waals surface area contributed by atoms with Crippen LogP contribution in [0, 0.1) is 11.3 Å². The van der Waals surface area contributed by atoms with Crippen molar-refractivity contribution in [1.82, 2.24) is 4.90 Å². The van der Waals surface area contributed by atoms with Gasteiger partial charge in [-0.05, 0) is 80.2 Å². The van der Waals surface area contributed by atoms with Crippen molar-refractivity contribution in [2.75, 3.05) is 68.8 Å². The fourth-order valence-corrected chi connectivity index (χ4v) is 6.67. The highest BCUT2D eigenvalue weighted by Crippen LogP contribution is 2.49. The van der Waals surface area contributed by atoms with Crippen LogP contribution in [-0.2, 0) is 4.74 Å². The van der Waals surface area contributed by atoms with Gasteiger partial charge in [0.15, 0.2) is 0 Å². The predicted octanol–water partition coefficient (Wildman–Crippen LogP) is 6.21. The molecule has 4 nitrogen and oxygen atoms in total. The van der Waals surface area contributed by atoms with Crippen LogP contribution in [0.5, 0.6) is 0 Å². The lowest BCUT2D eigenvalue weighted by Crippen LogP contribution is -2.47. The van der Waals surface area contributed by atoms with Crippen LogP contribution >= 0.6 is 0 Å². The summed E-state index contributed by atoms with van der Waals surface area (Å²) in [6.07, 6.45) is 15.2. The average Bonchev–Trinajstić information content (AvgIpc) is 2.89. The molecule has 0 atom stereocenters. The number of hydrogen-bond acceptors (Lipinski definition) is 4. The number of benzene rings is 1. The summed E-state index contributed by atoms with van der Waals surface area (Å²) in [5.74, 6) is 0.795. The number of rotatable bonds is 6. The van der Waals surface area contributed by atoms with Gasteiger partial charge in [-0.25, -0.2) is 0 Å². The Morgan fingerprint density at radius 3 is 2.32 bits per heavy atom. The maximum Gasteiger partial charge on any atom is 0.0642 e. The first-order chi connectivity index (χ1) is 16.6. The molecule has 3 fully saturated rings. The van der Waals surface area contributed by atoms with Crippen LogP contribution in [0.25, 0.3) is 5.57 Å². The lowest BCUT2D eigenvalue weighted by molar-refractivity contribution is 0.122. The smallest absolute Gasteiger partial charge is 0.0642 e. The third-order valence-corrected chi connectivity index (χ3v) is 9.06. The lowest BCUT2D eigenvalue weighted by atomic mass is 9.65. The largest absolute Gasteiger partial charge is 0.378 e. The molecule has 2 aliphatic carbocycles. The summed E-state index contributed by atoms with van der Waals surface area (Å²) in [6, 6.07) is 7.34. The highest BCUT2D eigenvalue weighted by molar-refractivity contribution is 5.80. The zero-order valence-electron chi connectivity index (χ0n) is 21.9. The molecule has 2 heterocycles. The lowest BCUT2D eigenvalue weighted by Gasteiger charge is -2.41. The molecule has 0 amide bonds. The van der Waals surface area contributed by atoms with Gasteiger partial charge in [-0.1, -0.05) is 39.2 Å². The molecule has 188 valence electrons. The molecule has 0 unspecified atom stereocenters. The third-order valence-electron chi connectivity index (χ3n) is 9.06. The second-order valence-corrected chi connectivity index (χ2v) is 11.8. The Morgan fingerprint density at radius 2 is 1.65 bits per heavy atom. The SMILES string of the molecule is CC(C)CCN1CCN(c2ccc(N3CCOCC3)cc2C2=CCC3(CCCCC3)CC2)CC1. The minimum Gasteiger partial charge on any atom is -0.378 e. The zero-order chi connectivity index (χ0) is 23.4. The molecule has 2 saturated heterocycles. The molecule has 2 aliphatic heterocycles. The van der Waals surface area contributed by atoms with E-state index in [4.69, 9.17) is 4.74 Å². The molecule has 1 spiro atoms. The van der Waals surface area contributed by atoms with Crippen LogP contribution in [-0.4, -0.2) is 63.9 Å². The summed E-state index contributed by atoms with van der Waals surface area (Å²) >= 11 is 0. The van der Waals surface area contributed by atoms with Crippen molar-refractivity contribution in [2.45, 2.75) is 71.6 Å². The molecular weight excluding hydrogens is 418 g/mol.